The van der Waals surface area contributed by atoms with Crippen molar-refractivity contribution in [3.05, 3.63) is 35.7 Å². The van der Waals surface area contributed by atoms with Gasteiger partial charge in [-0.1, -0.05) is 17.3 Å². The molecule has 0 aliphatic heterocycles. The number of hydrogen-bond donors (Lipinski definition) is 2. The van der Waals surface area contributed by atoms with Crippen LogP contribution in [0.25, 0.3) is 0 Å². The average Bonchev–Trinajstić information content (AvgIpc) is 2.99. The van der Waals surface area contributed by atoms with Gasteiger partial charge >= 0.3 is 6.09 Å². The fraction of sp³-hybridized carbons (Fsp3) is 0.467. The number of methoxy groups -OCH3 is 1. The number of H-pyrrole nitrogens is 1. The van der Waals surface area contributed by atoms with Crippen LogP contribution < -0.4 is 10.1 Å². The summed E-state index contributed by atoms with van der Waals surface area (Å²) in [5, 5.41) is 16.6. The SMILES string of the molecule is COc1ccc(C[C@H](NC(=O)OC(C)(C)C)c2nn[nH]n2)cc1. The van der Waals surface area contributed by atoms with Crippen molar-refractivity contribution in [2.45, 2.75) is 38.8 Å². The Kier molecular flexibility index (Phi) is 5.15. The highest BCUT2D eigenvalue weighted by Gasteiger charge is 2.23. The van der Waals surface area contributed by atoms with Crippen LogP contribution in [0.2, 0.25) is 0 Å². The number of hydrogen-bond acceptors (Lipinski definition) is 6. The molecular formula is C15H21N5O3. The van der Waals surface area contributed by atoms with Crippen LogP contribution >= 0.6 is 0 Å². The number of benzene rings is 1. The maximum Gasteiger partial charge on any atom is 0.408 e. The predicted octanol–water partition coefficient (Wildman–Crippen LogP) is 2.02. The summed E-state index contributed by atoms with van der Waals surface area (Å²) in [7, 11) is 1.61. The first-order valence-electron chi connectivity index (χ1n) is 7.23. The third kappa shape index (κ3) is 5.24. The van der Waals surface area contributed by atoms with Gasteiger partial charge in [0, 0.05) is 6.42 Å². The number of nitrogens with one attached hydrogen (secondary N) is 2. The van der Waals surface area contributed by atoms with Crippen LogP contribution in [0.1, 0.15) is 38.2 Å². The third-order valence-corrected chi connectivity index (χ3v) is 2.96. The highest BCUT2D eigenvalue weighted by atomic mass is 16.6. The second-order valence-electron chi connectivity index (χ2n) is 6.02. The molecule has 0 radical (unpaired) electrons. The normalized spacial score (nSPS) is 12.5. The summed E-state index contributed by atoms with van der Waals surface area (Å²) in [6.45, 7) is 5.41. The van der Waals surface area contributed by atoms with E-state index >= 15 is 0 Å². The number of aromatic amines is 1. The van der Waals surface area contributed by atoms with E-state index in [1.54, 1.807) is 27.9 Å². The van der Waals surface area contributed by atoms with Crippen LogP contribution in [0.3, 0.4) is 0 Å². The molecule has 0 fully saturated rings. The lowest BCUT2D eigenvalue weighted by Gasteiger charge is -2.22. The Morgan fingerprint density at radius 3 is 2.52 bits per heavy atom. The van der Waals surface area contributed by atoms with Gasteiger partial charge in [0.2, 0.25) is 0 Å². The number of nitrogens with zero attached hydrogens (tertiary/aromatic N) is 3. The van der Waals surface area contributed by atoms with E-state index in [4.69, 9.17) is 9.47 Å². The first-order valence-corrected chi connectivity index (χ1v) is 7.23. The largest absolute Gasteiger partial charge is 0.497 e. The van der Waals surface area contributed by atoms with Gasteiger partial charge in [0.1, 0.15) is 17.4 Å². The number of aromatic nitrogens is 4. The van der Waals surface area contributed by atoms with E-state index in [1.165, 1.54) is 0 Å². The lowest BCUT2D eigenvalue weighted by Crippen LogP contribution is -2.36. The maximum absolute atomic E-state index is 12.0. The van der Waals surface area contributed by atoms with Crippen LogP contribution in [-0.4, -0.2) is 39.4 Å². The van der Waals surface area contributed by atoms with Gasteiger partial charge in [-0.05, 0) is 38.5 Å². The van der Waals surface area contributed by atoms with Crippen molar-refractivity contribution in [2.24, 2.45) is 0 Å². The van der Waals surface area contributed by atoms with Gasteiger partial charge < -0.3 is 14.8 Å². The summed E-state index contributed by atoms with van der Waals surface area (Å²) in [6.07, 6.45) is -0.0243. The monoisotopic (exact) mass is 319 g/mol. The van der Waals surface area contributed by atoms with Gasteiger partial charge in [-0.2, -0.15) is 5.21 Å². The zero-order valence-electron chi connectivity index (χ0n) is 13.7. The highest BCUT2D eigenvalue weighted by Crippen LogP contribution is 2.18. The summed E-state index contributed by atoms with van der Waals surface area (Å²) in [5.74, 6) is 1.16. The molecule has 0 aliphatic rings. The van der Waals surface area contributed by atoms with Crippen molar-refractivity contribution in [2.75, 3.05) is 7.11 Å². The fourth-order valence-electron chi connectivity index (χ4n) is 1.97. The number of ether oxygens (including phenoxy) is 2. The van der Waals surface area contributed by atoms with E-state index in [0.29, 0.717) is 12.2 Å². The van der Waals surface area contributed by atoms with E-state index in [0.717, 1.165) is 11.3 Å². The van der Waals surface area contributed by atoms with Crippen LogP contribution in [-0.2, 0) is 11.2 Å². The van der Waals surface area contributed by atoms with Crippen molar-refractivity contribution < 1.29 is 14.3 Å². The summed E-state index contributed by atoms with van der Waals surface area (Å²) in [6, 6.07) is 7.11. The molecule has 0 unspecified atom stereocenters. The van der Waals surface area contributed by atoms with Crippen LogP contribution in [0.15, 0.2) is 24.3 Å². The van der Waals surface area contributed by atoms with Crippen LogP contribution in [0.5, 0.6) is 5.75 Å². The summed E-state index contributed by atoms with van der Waals surface area (Å²) < 4.78 is 10.4. The molecule has 0 aliphatic carbocycles. The third-order valence-electron chi connectivity index (χ3n) is 2.96. The van der Waals surface area contributed by atoms with Gasteiger partial charge in [0.25, 0.3) is 0 Å². The van der Waals surface area contributed by atoms with E-state index < -0.39 is 17.7 Å². The molecule has 1 atom stereocenters. The molecule has 1 amide bonds. The molecule has 1 heterocycles. The van der Waals surface area contributed by atoms with Crippen molar-refractivity contribution in [1.29, 1.82) is 0 Å². The molecule has 23 heavy (non-hydrogen) atoms. The minimum absolute atomic E-state index is 0.395. The number of rotatable bonds is 5. The Hall–Kier alpha value is -2.64. The molecule has 2 aromatic rings. The number of alkyl carbamates (subject to hydrolysis) is 1. The molecule has 1 aromatic heterocycles. The molecule has 8 nitrogen and oxygen atoms in total. The molecule has 2 N–H and O–H groups in total. The summed E-state index contributed by atoms with van der Waals surface area (Å²) >= 11 is 0. The van der Waals surface area contributed by atoms with Crippen molar-refractivity contribution in [1.82, 2.24) is 25.9 Å². The second-order valence-corrected chi connectivity index (χ2v) is 6.02. The molecular weight excluding hydrogens is 298 g/mol. The predicted molar refractivity (Wildman–Crippen MR) is 83.0 cm³/mol. The Morgan fingerprint density at radius 2 is 2.00 bits per heavy atom. The van der Waals surface area contributed by atoms with E-state index in [-0.39, 0.29) is 0 Å². The van der Waals surface area contributed by atoms with Gasteiger partial charge in [-0.3, -0.25) is 0 Å². The average molecular weight is 319 g/mol. The van der Waals surface area contributed by atoms with Crippen molar-refractivity contribution >= 4 is 6.09 Å². The molecule has 2 rings (SSSR count). The quantitative estimate of drug-likeness (QED) is 0.874. The Bertz CT molecular complexity index is 620. The number of carbonyl (C=O) groups excluding carboxylic acids is 1. The molecule has 0 saturated heterocycles. The maximum atomic E-state index is 12.0. The van der Waals surface area contributed by atoms with Gasteiger partial charge in [-0.15, -0.1) is 10.2 Å². The standard InChI is InChI=1S/C15H21N5O3/c1-15(2,3)23-14(21)16-12(13-17-19-20-18-13)9-10-5-7-11(22-4)8-6-10/h5-8,12H,9H2,1-4H3,(H,16,21)(H,17,18,19,20)/t12-/m0/s1. The summed E-state index contributed by atoms with van der Waals surface area (Å²) in [5.41, 5.74) is 0.420. The number of tetrazole rings is 1. The number of amides is 1. The van der Waals surface area contributed by atoms with Gasteiger partial charge in [-0.25, -0.2) is 4.79 Å². The minimum atomic E-state index is -0.577. The summed E-state index contributed by atoms with van der Waals surface area (Å²) in [4.78, 5) is 12.0. The first-order chi connectivity index (χ1) is 10.9. The Labute approximate surface area is 134 Å². The van der Waals surface area contributed by atoms with E-state index in [1.807, 2.05) is 24.3 Å². The Balaban J connectivity index is 2.10. The van der Waals surface area contributed by atoms with Crippen LogP contribution in [0, 0.1) is 0 Å². The van der Waals surface area contributed by atoms with Gasteiger partial charge in [0.05, 0.1) is 7.11 Å². The lowest BCUT2D eigenvalue weighted by molar-refractivity contribution is 0.0501. The topological polar surface area (TPSA) is 102 Å². The smallest absolute Gasteiger partial charge is 0.408 e. The molecule has 0 bridgehead atoms. The molecule has 0 spiro atoms. The Morgan fingerprint density at radius 1 is 1.30 bits per heavy atom. The fourth-order valence-corrected chi connectivity index (χ4v) is 1.97. The van der Waals surface area contributed by atoms with Crippen molar-refractivity contribution in [3.63, 3.8) is 0 Å². The molecule has 8 heteroatoms. The minimum Gasteiger partial charge on any atom is -0.497 e. The zero-order valence-corrected chi connectivity index (χ0v) is 13.7. The van der Waals surface area contributed by atoms with E-state index in [2.05, 4.69) is 25.9 Å². The van der Waals surface area contributed by atoms with E-state index in [9.17, 15) is 4.79 Å². The van der Waals surface area contributed by atoms with Gasteiger partial charge in [0.15, 0.2) is 5.82 Å². The lowest BCUT2D eigenvalue weighted by atomic mass is 10.1. The second kappa shape index (κ2) is 7.08. The van der Waals surface area contributed by atoms with Crippen LogP contribution in [0.4, 0.5) is 4.79 Å². The number of carbonyl (C=O) groups is 1. The van der Waals surface area contributed by atoms with Crippen molar-refractivity contribution in [3.8, 4) is 5.75 Å². The highest BCUT2D eigenvalue weighted by molar-refractivity contribution is 5.68. The molecule has 0 saturated carbocycles. The molecule has 1 aromatic carbocycles. The first kappa shape index (κ1) is 16.7. The zero-order chi connectivity index (χ0) is 16.9. The molecule has 124 valence electrons.